The highest BCUT2D eigenvalue weighted by Crippen LogP contribution is 2.26. The molecule has 2 aromatic carbocycles. The van der Waals surface area contributed by atoms with Crippen LogP contribution in [0.5, 0.6) is 0 Å². The lowest BCUT2D eigenvalue weighted by molar-refractivity contribution is -0.384. The molecule has 114 valence electrons. The Morgan fingerprint density at radius 1 is 1.23 bits per heavy atom. The molecule has 0 bridgehead atoms. The van der Waals surface area contributed by atoms with Crippen LogP contribution in [0.4, 0.5) is 5.69 Å². The van der Waals surface area contributed by atoms with Gasteiger partial charge in [-0.1, -0.05) is 35.3 Å². The van der Waals surface area contributed by atoms with E-state index in [1.165, 1.54) is 24.3 Å². The highest BCUT2D eigenvalue weighted by Gasteiger charge is 2.16. The van der Waals surface area contributed by atoms with E-state index < -0.39 is 10.8 Å². The molecular weight excluding hydrogens is 327 g/mol. The molecule has 1 N–H and O–H groups in total. The molecule has 0 aromatic heterocycles. The summed E-state index contributed by atoms with van der Waals surface area (Å²) in [4.78, 5) is 22.4. The van der Waals surface area contributed by atoms with Crippen LogP contribution < -0.4 is 5.32 Å². The summed E-state index contributed by atoms with van der Waals surface area (Å²) in [5.74, 6) is -0.415. The van der Waals surface area contributed by atoms with Gasteiger partial charge in [-0.25, -0.2) is 0 Å². The van der Waals surface area contributed by atoms with Crippen LogP contribution in [0.3, 0.4) is 0 Å². The van der Waals surface area contributed by atoms with E-state index in [0.717, 1.165) is 0 Å². The van der Waals surface area contributed by atoms with Crippen LogP contribution in [0.25, 0.3) is 0 Å². The Labute approximate surface area is 137 Å². The smallest absolute Gasteiger partial charge is 0.270 e. The van der Waals surface area contributed by atoms with Crippen LogP contribution in [0.15, 0.2) is 42.5 Å². The molecule has 0 saturated heterocycles. The van der Waals surface area contributed by atoms with Gasteiger partial charge in [-0.2, -0.15) is 0 Å². The third kappa shape index (κ3) is 3.75. The number of halogens is 2. The van der Waals surface area contributed by atoms with Crippen molar-refractivity contribution in [2.45, 2.75) is 13.0 Å². The topological polar surface area (TPSA) is 72.2 Å². The van der Waals surface area contributed by atoms with Crippen LogP contribution in [-0.2, 0) is 0 Å². The average Bonchev–Trinajstić information content (AvgIpc) is 2.47. The number of nitro benzene ring substituents is 1. The Balaban J connectivity index is 2.17. The Morgan fingerprint density at radius 3 is 2.59 bits per heavy atom. The Morgan fingerprint density at radius 2 is 1.95 bits per heavy atom. The van der Waals surface area contributed by atoms with Gasteiger partial charge in [-0.05, 0) is 30.7 Å². The summed E-state index contributed by atoms with van der Waals surface area (Å²) in [6, 6.07) is 10.2. The van der Waals surface area contributed by atoms with Crippen LogP contribution >= 0.6 is 23.2 Å². The van der Waals surface area contributed by atoms with Crippen molar-refractivity contribution in [3.63, 3.8) is 0 Å². The summed E-state index contributed by atoms with van der Waals surface area (Å²) < 4.78 is 0. The Kier molecular flexibility index (Phi) is 5.00. The molecule has 0 unspecified atom stereocenters. The van der Waals surface area contributed by atoms with Crippen molar-refractivity contribution in [1.82, 2.24) is 5.32 Å². The molecule has 0 aliphatic rings. The number of nitrogens with one attached hydrogen (secondary N) is 1. The van der Waals surface area contributed by atoms with Gasteiger partial charge in [0.15, 0.2) is 0 Å². The maximum Gasteiger partial charge on any atom is 0.270 e. The highest BCUT2D eigenvalue weighted by atomic mass is 35.5. The fourth-order valence-electron chi connectivity index (χ4n) is 1.97. The van der Waals surface area contributed by atoms with Crippen molar-refractivity contribution in [2.75, 3.05) is 0 Å². The van der Waals surface area contributed by atoms with Crippen LogP contribution in [0.2, 0.25) is 10.0 Å². The number of hydrogen-bond donors (Lipinski definition) is 1. The predicted octanol–water partition coefficient (Wildman–Crippen LogP) is 4.39. The van der Waals surface area contributed by atoms with E-state index in [4.69, 9.17) is 23.2 Å². The zero-order valence-corrected chi connectivity index (χ0v) is 13.1. The normalized spacial score (nSPS) is 11.8. The summed E-state index contributed by atoms with van der Waals surface area (Å²) in [5.41, 5.74) is 0.792. The molecule has 1 atom stereocenters. The van der Waals surface area contributed by atoms with Gasteiger partial charge in [-0.3, -0.25) is 14.9 Å². The van der Waals surface area contributed by atoms with E-state index in [9.17, 15) is 14.9 Å². The third-order valence-electron chi connectivity index (χ3n) is 3.10. The van der Waals surface area contributed by atoms with Crippen molar-refractivity contribution in [1.29, 1.82) is 0 Å². The van der Waals surface area contributed by atoms with E-state index in [-0.39, 0.29) is 17.3 Å². The van der Waals surface area contributed by atoms with E-state index in [1.807, 2.05) is 0 Å². The lowest BCUT2D eigenvalue weighted by Gasteiger charge is -2.16. The molecule has 1 amide bonds. The van der Waals surface area contributed by atoms with Gasteiger partial charge in [0, 0.05) is 27.7 Å². The minimum absolute atomic E-state index is 0.134. The first-order valence-corrected chi connectivity index (χ1v) is 7.14. The third-order valence-corrected chi connectivity index (χ3v) is 3.66. The van der Waals surface area contributed by atoms with Crippen molar-refractivity contribution < 1.29 is 9.72 Å². The molecule has 0 aliphatic heterocycles. The molecule has 0 radical (unpaired) electrons. The SMILES string of the molecule is C[C@H](NC(=O)c1cccc([N+](=O)[O-])c1)c1ccc(Cl)cc1Cl. The first-order valence-electron chi connectivity index (χ1n) is 6.38. The quantitative estimate of drug-likeness (QED) is 0.663. The van der Waals surface area contributed by atoms with E-state index in [2.05, 4.69) is 5.32 Å². The molecule has 0 saturated carbocycles. The Hall–Kier alpha value is -2.11. The molecule has 22 heavy (non-hydrogen) atoms. The van der Waals surface area contributed by atoms with Gasteiger partial charge in [-0.15, -0.1) is 0 Å². The number of carbonyl (C=O) groups is 1. The molecule has 0 fully saturated rings. The second-order valence-electron chi connectivity index (χ2n) is 4.67. The summed E-state index contributed by atoms with van der Waals surface area (Å²) in [6.45, 7) is 1.77. The molecule has 2 aromatic rings. The molecule has 5 nitrogen and oxygen atoms in total. The zero-order chi connectivity index (χ0) is 16.3. The van der Waals surface area contributed by atoms with Gasteiger partial charge in [0.25, 0.3) is 11.6 Å². The van der Waals surface area contributed by atoms with Gasteiger partial charge in [0.1, 0.15) is 0 Å². The number of hydrogen-bond acceptors (Lipinski definition) is 3. The lowest BCUT2D eigenvalue weighted by atomic mass is 10.1. The summed E-state index contributed by atoms with van der Waals surface area (Å²) >= 11 is 11.9. The molecule has 0 heterocycles. The molecule has 0 aliphatic carbocycles. The van der Waals surface area contributed by atoms with Crippen LogP contribution in [0.1, 0.15) is 28.9 Å². The maximum absolute atomic E-state index is 12.2. The minimum Gasteiger partial charge on any atom is -0.345 e. The minimum atomic E-state index is -0.545. The first kappa shape index (κ1) is 16.3. The number of amides is 1. The maximum atomic E-state index is 12.2. The van der Waals surface area contributed by atoms with Gasteiger partial charge in [0.05, 0.1) is 11.0 Å². The van der Waals surface area contributed by atoms with Crippen molar-refractivity contribution in [2.24, 2.45) is 0 Å². The monoisotopic (exact) mass is 338 g/mol. The molecular formula is C15H12Cl2N2O3. The fraction of sp³-hybridized carbons (Fsp3) is 0.133. The van der Waals surface area contributed by atoms with Gasteiger partial charge in [0.2, 0.25) is 0 Å². The average molecular weight is 339 g/mol. The second-order valence-corrected chi connectivity index (χ2v) is 5.51. The lowest BCUT2D eigenvalue weighted by Crippen LogP contribution is -2.26. The van der Waals surface area contributed by atoms with E-state index in [1.54, 1.807) is 25.1 Å². The number of rotatable bonds is 4. The van der Waals surface area contributed by atoms with Crippen LogP contribution in [-0.4, -0.2) is 10.8 Å². The molecule has 0 spiro atoms. The molecule has 7 heteroatoms. The van der Waals surface area contributed by atoms with E-state index in [0.29, 0.717) is 15.6 Å². The van der Waals surface area contributed by atoms with Gasteiger partial charge >= 0.3 is 0 Å². The second kappa shape index (κ2) is 6.77. The zero-order valence-electron chi connectivity index (χ0n) is 11.5. The fourth-order valence-corrected chi connectivity index (χ4v) is 2.54. The van der Waals surface area contributed by atoms with Crippen molar-refractivity contribution in [3.05, 3.63) is 73.8 Å². The number of nitrogens with zero attached hydrogens (tertiary/aromatic N) is 1. The van der Waals surface area contributed by atoms with Crippen molar-refractivity contribution in [3.8, 4) is 0 Å². The summed E-state index contributed by atoms with van der Waals surface area (Å²) in [7, 11) is 0. The molecule has 2 rings (SSSR count). The number of nitro groups is 1. The number of non-ortho nitro benzene ring substituents is 1. The standard InChI is InChI=1S/C15H12Cl2N2O3/c1-9(13-6-5-11(16)8-14(13)17)18-15(20)10-3-2-4-12(7-10)19(21)22/h2-9H,1H3,(H,18,20)/t9-/m0/s1. The number of benzene rings is 2. The predicted molar refractivity (Wildman–Crippen MR) is 85.4 cm³/mol. The summed E-state index contributed by atoms with van der Waals surface area (Å²) in [6.07, 6.45) is 0. The van der Waals surface area contributed by atoms with Crippen LogP contribution in [0, 0.1) is 10.1 Å². The highest BCUT2D eigenvalue weighted by molar-refractivity contribution is 6.35. The van der Waals surface area contributed by atoms with Gasteiger partial charge < -0.3 is 5.32 Å². The first-order chi connectivity index (χ1) is 10.4. The Bertz CT molecular complexity index is 734. The largest absolute Gasteiger partial charge is 0.345 e. The van der Waals surface area contributed by atoms with E-state index >= 15 is 0 Å². The summed E-state index contributed by atoms with van der Waals surface area (Å²) in [5, 5.41) is 14.4. The van der Waals surface area contributed by atoms with Crippen molar-refractivity contribution >= 4 is 34.8 Å². The number of carbonyl (C=O) groups excluding carboxylic acids is 1.